The Kier molecular flexibility index (Phi) is 5.18. The second-order valence-corrected chi connectivity index (χ2v) is 7.60. The lowest BCUT2D eigenvalue weighted by molar-refractivity contribution is 0.404. The fraction of sp³-hybridized carbons (Fsp3) is 0.600. The van der Waals surface area contributed by atoms with Crippen LogP contribution in [0.25, 0.3) is 0 Å². The van der Waals surface area contributed by atoms with Crippen LogP contribution >= 0.6 is 0 Å². The van der Waals surface area contributed by atoms with E-state index >= 15 is 0 Å². The smallest absolute Gasteiger partial charge is 0.187 e. The molecule has 0 bridgehead atoms. The monoisotopic (exact) mass is 370 g/mol. The van der Waals surface area contributed by atoms with E-state index in [-0.39, 0.29) is 5.82 Å². The molecule has 1 fully saturated rings. The number of hydrogen-bond donors (Lipinski definition) is 0. The van der Waals surface area contributed by atoms with Crippen LogP contribution in [0.2, 0.25) is 0 Å². The lowest BCUT2D eigenvalue weighted by Crippen LogP contribution is -2.39. The molecule has 0 amide bonds. The first kappa shape index (κ1) is 18.1. The maximum Gasteiger partial charge on any atom is 0.187 e. The molecule has 27 heavy (non-hydrogen) atoms. The van der Waals surface area contributed by atoms with E-state index in [0.29, 0.717) is 23.9 Å². The van der Waals surface area contributed by atoms with Gasteiger partial charge in [0.2, 0.25) is 0 Å². The Balaban J connectivity index is 1.38. The molecule has 1 aliphatic carbocycles. The number of aryl methyl sites for hydroxylation is 2. The van der Waals surface area contributed by atoms with Crippen LogP contribution in [-0.4, -0.2) is 46.6 Å². The number of halogens is 1. The average molecular weight is 370 g/mol. The highest BCUT2D eigenvalue weighted by Crippen LogP contribution is 2.31. The van der Waals surface area contributed by atoms with Crippen molar-refractivity contribution in [3.05, 3.63) is 35.4 Å². The highest BCUT2D eigenvalue weighted by atomic mass is 19.1. The summed E-state index contributed by atoms with van der Waals surface area (Å²) >= 11 is 0. The standard InChI is InChI=1S/C20H27FN6/c1-3-16-18(21)20(25-12-22-16)26(2)11-14-7-9-27(10-8-14)19-15-5-4-6-17(15)23-13-24-19/h12-14H,3-11H2,1-2H3. The molecular weight excluding hydrogens is 343 g/mol. The molecule has 144 valence electrons. The Morgan fingerprint density at radius 3 is 2.67 bits per heavy atom. The quantitative estimate of drug-likeness (QED) is 0.807. The van der Waals surface area contributed by atoms with Gasteiger partial charge in [0.05, 0.1) is 5.69 Å². The normalized spacial score (nSPS) is 17.2. The number of piperidine rings is 1. The predicted molar refractivity (Wildman–Crippen MR) is 104 cm³/mol. The zero-order valence-corrected chi connectivity index (χ0v) is 16.2. The van der Waals surface area contributed by atoms with E-state index in [1.807, 2.05) is 18.9 Å². The summed E-state index contributed by atoms with van der Waals surface area (Å²) in [4.78, 5) is 21.6. The van der Waals surface area contributed by atoms with Gasteiger partial charge in [-0.05, 0) is 44.4 Å². The van der Waals surface area contributed by atoms with Crippen molar-refractivity contribution in [3.8, 4) is 0 Å². The van der Waals surface area contributed by atoms with Crippen molar-refractivity contribution in [1.82, 2.24) is 19.9 Å². The number of aromatic nitrogens is 4. The Bertz CT molecular complexity index is 803. The molecule has 4 rings (SSSR count). The zero-order chi connectivity index (χ0) is 18.8. The minimum atomic E-state index is -0.281. The summed E-state index contributed by atoms with van der Waals surface area (Å²) < 4.78 is 14.5. The molecule has 2 aromatic rings. The largest absolute Gasteiger partial charge is 0.357 e. The average Bonchev–Trinajstić information content (AvgIpc) is 3.17. The van der Waals surface area contributed by atoms with E-state index in [0.717, 1.165) is 51.1 Å². The topological polar surface area (TPSA) is 58.0 Å². The van der Waals surface area contributed by atoms with E-state index in [9.17, 15) is 4.39 Å². The Labute approximate surface area is 159 Å². The van der Waals surface area contributed by atoms with Crippen molar-refractivity contribution in [3.63, 3.8) is 0 Å². The van der Waals surface area contributed by atoms with Gasteiger partial charge in [0.15, 0.2) is 11.6 Å². The summed E-state index contributed by atoms with van der Waals surface area (Å²) in [7, 11) is 1.93. The summed E-state index contributed by atoms with van der Waals surface area (Å²) in [6.45, 7) is 4.71. The van der Waals surface area contributed by atoms with Gasteiger partial charge >= 0.3 is 0 Å². The molecule has 1 aliphatic heterocycles. The second kappa shape index (κ2) is 7.74. The van der Waals surface area contributed by atoms with Crippen molar-refractivity contribution in [1.29, 1.82) is 0 Å². The van der Waals surface area contributed by atoms with Gasteiger partial charge in [-0.2, -0.15) is 0 Å². The lowest BCUT2D eigenvalue weighted by atomic mass is 9.96. The minimum Gasteiger partial charge on any atom is -0.357 e. The molecule has 0 N–H and O–H groups in total. The summed E-state index contributed by atoms with van der Waals surface area (Å²) in [5.41, 5.74) is 3.07. The van der Waals surface area contributed by atoms with Gasteiger partial charge in [0.1, 0.15) is 18.5 Å². The molecule has 7 heteroatoms. The van der Waals surface area contributed by atoms with Gasteiger partial charge in [-0.15, -0.1) is 0 Å². The van der Waals surface area contributed by atoms with E-state index in [4.69, 9.17) is 0 Å². The second-order valence-electron chi connectivity index (χ2n) is 7.60. The molecule has 3 heterocycles. The molecule has 2 aromatic heterocycles. The van der Waals surface area contributed by atoms with E-state index in [2.05, 4.69) is 24.8 Å². The van der Waals surface area contributed by atoms with Gasteiger partial charge in [-0.3, -0.25) is 0 Å². The molecule has 0 spiro atoms. The third-order valence-electron chi connectivity index (χ3n) is 5.84. The summed E-state index contributed by atoms with van der Waals surface area (Å²) in [5, 5.41) is 0. The van der Waals surface area contributed by atoms with E-state index < -0.39 is 0 Å². The van der Waals surface area contributed by atoms with E-state index in [1.54, 1.807) is 6.33 Å². The SMILES string of the molecule is CCc1ncnc(N(C)CC2CCN(c3ncnc4c3CCC4)CC2)c1F. The number of fused-ring (bicyclic) bond motifs is 1. The maximum absolute atomic E-state index is 14.5. The van der Waals surface area contributed by atoms with Crippen LogP contribution in [0.4, 0.5) is 16.0 Å². The molecule has 0 saturated carbocycles. The Morgan fingerprint density at radius 2 is 1.89 bits per heavy atom. The predicted octanol–water partition coefficient (Wildman–Crippen LogP) is 2.81. The van der Waals surface area contributed by atoms with Crippen molar-refractivity contribution in [2.24, 2.45) is 5.92 Å². The highest BCUT2D eigenvalue weighted by Gasteiger charge is 2.26. The number of rotatable bonds is 5. The van der Waals surface area contributed by atoms with Crippen LogP contribution in [-0.2, 0) is 19.3 Å². The van der Waals surface area contributed by atoms with Crippen LogP contribution in [0.5, 0.6) is 0 Å². The third-order valence-corrected chi connectivity index (χ3v) is 5.84. The fourth-order valence-corrected chi connectivity index (χ4v) is 4.32. The first-order chi connectivity index (χ1) is 13.2. The summed E-state index contributed by atoms with van der Waals surface area (Å²) in [6.07, 6.45) is 9.28. The fourth-order valence-electron chi connectivity index (χ4n) is 4.32. The molecule has 2 aliphatic rings. The molecule has 1 saturated heterocycles. The van der Waals surface area contributed by atoms with Crippen LogP contribution in [0.1, 0.15) is 43.1 Å². The van der Waals surface area contributed by atoms with Gasteiger partial charge in [0.25, 0.3) is 0 Å². The van der Waals surface area contributed by atoms with Gasteiger partial charge in [-0.1, -0.05) is 6.92 Å². The van der Waals surface area contributed by atoms with E-state index in [1.165, 1.54) is 24.0 Å². The number of nitrogens with zero attached hydrogens (tertiary/aromatic N) is 6. The molecule has 0 atom stereocenters. The first-order valence-corrected chi connectivity index (χ1v) is 9.95. The van der Waals surface area contributed by atoms with Crippen molar-refractivity contribution in [2.75, 3.05) is 36.5 Å². The highest BCUT2D eigenvalue weighted by molar-refractivity contribution is 5.50. The molecule has 6 nitrogen and oxygen atoms in total. The van der Waals surface area contributed by atoms with Crippen LogP contribution in [0.3, 0.4) is 0 Å². The van der Waals surface area contributed by atoms with Gasteiger partial charge in [-0.25, -0.2) is 24.3 Å². The Hall–Kier alpha value is -2.31. The lowest BCUT2D eigenvalue weighted by Gasteiger charge is -2.35. The maximum atomic E-state index is 14.5. The van der Waals surface area contributed by atoms with Crippen LogP contribution in [0.15, 0.2) is 12.7 Å². The van der Waals surface area contributed by atoms with Crippen molar-refractivity contribution >= 4 is 11.6 Å². The summed E-state index contributed by atoms with van der Waals surface area (Å²) in [6, 6.07) is 0. The van der Waals surface area contributed by atoms with Crippen molar-refractivity contribution < 1.29 is 4.39 Å². The minimum absolute atomic E-state index is 0.281. The zero-order valence-electron chi connectivity index (χ0n) is 16.2. The Morgan fingerprint density at radius 1 is 1.11 bits per heavy atom. The third kappa shape index (κ3) is 3.59. The van der Waals surface area contributed by atoms with Crippen LogP contribution in [0, 0.1) is 11.7 Å². The van der Waals surface area contributed by atoms with Crippen LogP contribution < -0.4 is 9.80 Å². The molecule has 0 aromatic carbocycles. The molecule has 0 radical (unpaired) electrons. The van der Waals surface area contributed by atoms with Gasteiger partial charge < -0.3 is 9.80 Å². The first-order valence-electron chi connectivity index (χ1n) is 9.95. The number of anilines is 2. The van der Waals surface area contributed by atoms with Gasteiger partial charge in [0, 0.05) is 37.9 Å². The summed E-state index contributed by atoms with van der Waals surface area (Å²) in [5.74, 6) is 1.80. The molecule has 0 unspecified atom stereocenters. The van der Waals surface area contributed by atoms with Crippen molar-refractivity contribution in [2.45, 2.75) is 45.4 Å². The number of hydrogen-bond acceptors (Lipinski definition) is 6. The molecular formula is C20H27FN6.